The highest BCUT2D eigenvalue weighted by Gasteiger charge is 2.15. The zero-order chi connectivity index (χ0) is 12.8. The minimum Gasteiger partial charge on any atom is -0.465 e. The van der Waals surface area contributed by atoms with Gasteiger partial charge < -0.3 is 14.2 Å². The highest BCUT2D eigenvalue weighted by atomic mass is 16.7. The molecule has 4 nitrogen and oxygen atoms in total. The molecule has 0 aliphatic carbocycles. The topological polar surface area (TPSA) is 44.8 Å². The van der Waals surface area contributed by atoms with Crippen LogP contribution < -0.4 is 4.74 Å². The molecule has 2 rings (SSSR count). The van der Waals surface area contributed by atoms with Crippen LogP contribution in [0, 0.1) is 0 Å². The summed E-state index contributed by atoms with van der Waals surface area (Å²) in [6, 6.07) is 5.38. The van der Waals surface area contributed by atoms with E-state index in [-0.39, 0.29) is 6.29 Å². The minimum atomic E-state index is -0.170. The van der Waals surface area contributed by atoms with Crippen LogP contribution in [0.2, 0.25) is 0 Å². The Morgan fingerprint density at radius 2 is 2.33 bits per heavy atom. The Labute approximate surface area is 107 Å². The van der Waals surface area contributed by atoms with E-state index in [2.05, 4.69) is 0 Å². The predicted octanol–water partition coefficient (Wildman–Crippen LogP) is 2.55. The van der Waals surface area contributed by atoms with Crippen LogP contribution in [0.4, 0.5) is 0 Å². The fourth-order valence-corrected chi connectivity index (χ4v) is 2.01. The standard InChI is InChI=1S/C14H18O4/c1-16-10-12-8-13(6-5-11(12)9-15)18-14-4-2-3-7-17-14/h5-6,8-9,14H,2-4,7,10H2,1H3. The molecule has 18 heavy (non-hydrogen) atoms. The van der Waals surface area contributed by atoms with Gasteiger partial charge in [0.05, 0.1) is 13.2 Å². The Hall–Kier alpha value is -1.39. The maximum atomic E-state index is 10.9. The van der Waals surface area contributed by atoms with Crippen molar-refractivity contribution in [2.75, 3.05) is 13.7 Å². The van der Waals surface area contributed by atoms with Crippen molar-refractivity contribution in [3.63, 3.8) is 0 Å². The van der Waals surface area contributed by atoms with Crippen LogP contribution in [0.15, 0.2) is 18.2 Å². The van der Waals surface area contributed by atoms with Crippen molar-refractivity contribution < 1.29 is 19.0 Å². The van der Waals surface area contributed by atoms with Crippen LogP contribution in [-0.2, 0) is 16.1 Å². The minimum absolute atomic E-state index is 0.170. The molecule has 0 spiro atoms. The molecule has 1 atom stereocenters. The number of hydrogen-bond acceptors (Lipinski definition) is 4. The van der Waals surface area contributed by atoms with E-state index in [9.17, 15) is 4.79 Å². The Morgan fingerprint density at radius 1 is 1.44 bits per heavy atom. The third kappa shape index (κ3) is 3.31. The summed E-state index contributed by atoms with van der Waals surface area (Å²) in [7, 11) is 1.60. The van der Waals surface area contributed by atoms with E-state index in [1.54, 1.807) is 19.2 Å². The summed E-state index contributed by atoms with van der Waals surface area (Å²) in [5.74, 6) is 0.722. The van der Waals surface area contributed by atoms with Crippen LogP contribution in [0.25, 0.3) is 0 Å². The molecule has 1 fully saturated rings. The van der Waals surface area contributed by atoms with Gasteiger partial charge in [0.25, 0.3) is 0 Å². The predicted molar refractivity (Wildman–Crippen MR) is 66.8 cm³/mol. The van der Waals surface area contributed by atoms with Gasteiger partial charge in [0.2, 0.25) is 0 Å². The molecule has 98 valence electrons. The summed E-state index contributed by atoms with van der Waals surface area (Å²) in [6.45, 7) is 1.15. The molecule has 0 amide bonds. The van der Waals surface area contributed by atoms with Crippen LogP contribution in [0.3, 0.4) is 0 Å². The van der Waals surface area contributed by atoms with Crippen molar-refractivity contribution in [3.05, 3.63) is 29.3 Å². The highest BCUT2D eigenvalue weighted by molar-refractivity contribution is 5.77. The molecule has 1 aliphatic heterocycles. The van der Waals surface area contributed by atoms with Crippen molar-refractivity contribution in [3.8, 4) is 5.75 Å². The van der Waals surface area contributed by atoms with E-state index in [4.69, 9.17) is 14.2 Å². The van der Waals surface area contributed by atoms with E-state index in [0.717, 1.165) is 43.5 Å². The second-order valence-electron chi connectivity index (χ2n) is 4.33. The number of carbonyl (C=O) groups excluding carboxylic acids is 1. The van der Waals surface area contributed by atoms with Gasteiger partial charge in [0.15, 0.2) is 6.29 Å². The second-order valence-corrected chi connectivity index (χ2v) is 4.33. The smallest absolute Gasteiger partial charge is 0.199 e. The molecule has 1 saturated heterocycles. The average molecular weight is 250 g/mol. The second kappa shape index (κ2) is 6.52. The van der Waals surface area contributed by atoms with Gasteiger partial charge in [-0.15, -0.1) is 0 Å². The first-order valence-corrected chi connectivity index (χ1v) is 6.19. The van der Waals surface area contributed by atoms with Crippen LogP contribution in [0.5, 0.6) is 5.75 Å². The third-order valence-electron chi connectivity index (χ3n) is 2.95. The summed E-state index contributed by atoms with van der Waals surface area (Å²) < 4.78 is 16.3. The van der Waals surface area contributed by atoms with Crippen LogP contribution in [-0.4, -0.2) is 26.3 Å². The number of rotatable bonds is 5. The monoisotopic (exact) mass is 250 g/mol. The van der Waals surface area contributed by atoms with Gasteiger partial charge in [-0.1, -0.05) is 0 Å². The van der Waals surface area contributed by atoms with Crippen LogP contribution >= 0.6 is 0 Å². The summed E-state index contributed by atoms with van der Waals surface area (Å²) in [5, 5.41) is 0. The van der Waals surface area contributed by atoms with Gasteiger partial charge >= 0.3 is 0 Å². The molecule has 4 heteroatoms. The number of hydrogen-bond donors (Lipinski definition) is 0. The third-order valence-corrected chi connectivity index (χ3v) is 2.95. The highest BCUT2D eigenvalue weighted by Crippen LogP contribution is 2.22. The summed E-state index contributed by atoms with van der Waals surface area (Å²) in [6.07, 6.45) is 3.79. The van der Waals surface area contributed by atoms with Crippen molar-refractivity contribution in [2.45, 2.75) is 32.2 Å². The van der Waals surface area contributed by atoms with Crippen molar-refractivity contribution in [1.82, 2.24) is 0 Å². The molecule has 1 unspecified atom stereocenters. The zero-order valence-electron chi connectivity index (χ0n) is 10.6. The van der Waals surface area contributed by atoms with Gasteiger partial charge in [0.1, 0.15) is 12.0 Å². The van der Waals surface area contributed by atoms with Gasteiger partial charge in [-0.3, -0.25) is 4.79 Å². The zero-order valence-corrected chi connectivity index (χ0v) is 10.6. The molecule has 0 N–H and O–H groups in total. The maximum Gasteiger partial charge on any atom is 0.199 e. The molecular formula is C14H18O4. The summed E-state index contributed by atoms with van der Waals surface area (Å²) in [5.41, 5.74) is 1.47. The number of aldehydes is 1. The number of carbonyl (C=O) groups is 1. The van der Waals surface area contributed by atoms with E-state index >= 15 is 0 Å². The number of methoxy groups -OCH3 is 1. The van der Waals surface area contributed by atoms with E-state index in [1.165, 1.54) is 0 Å². The van der Waals surface area contributed by atoms with Crippen molar-refractivity contribution in [2.24, 2.45) is 0 Å². The normalized spacial score (nSPS) is 19.5. The molecule has 0 bridgehead atoms. The molecule has 0 saturated carbocycles. The number of benzene rings is 1. The lowest BCUT2D eigenvalue weighted by atomic mass is 10.1. The number of ether oxygens (including phenoxy) is 3. The lowest BCUT2D eigenvalue weighted by Gasteiger charge is -2.23. The SMILES string of the molecule is COCc1cc(OC2CCCCO2)ccc1C=O. The molecule has 1 heterocycles. The van der Waals surface area contributed by atoms with E-state index < -0.39 is 0 Å². The van der Waals surface area contributed by atoms with Gasteiger partial charge in [-0.25, -0.2) is 0 Å². The molecule has 1 aromatic rings. The van der Waals surface area contributed by atoms with Gasteiger partial charge in [0, 0.05) is 19.1 Å². The largest absolute Gasteiger partial charge is 0.465 e. The van der Waals surface area contributed by atoms with E-state index in [0.29, 0.717) is 12.2 Å². The van der Waals surface area contributed by atoms with Gasteiger partial charge in [-0.2, -0.15) is 0 Å². The first-order valence-electron chi connectivity index (χ1n) is 6.19. The lowest BCUT2D eigenvalue weighted by Crippen LogP contribution is -2.25. The first kappa shape index (κ1) is 13.1. The average Bonchev–Trinajstić information content (AvgIpc) is 2.41. The Balaban J connectivity index is 2.07. The fourth-order valence-electron chi connectivity index (χ4n) is 2.01. The lowest BCUT2D eigenvalue weighted by molar-refractivity contribution is -0.105. The fraction of sp³-hybridized carbons (Fsp3) is 0.500. The molecule has 0 radical (unpaired) electrons. The summed E-state index contributed by atoms with van der Waals surface area (Å²) >= 11 is 0. The molecular weight excluding hydrogens is 232 g/mol. The van der Waals surface area contributed by atoms with Gasteiger partial charge in [-0.05, 0) is 36.6 Å². The van der Waals surface area contributed by atoms with E-state index in [1.807, 2.05) is 6.07 Å². The van der Waals surface area contributed by atoms with Crippen molar-refractivity contribution >= 4 is 6.29 Å². The quantitative estimate of drug-likeness (QED) is 0.753. The Morgan fingerprint density at radius 3 is 3.00 bits per heavy atom. The first-order chi connectivity index (χ1) is 8.83. The molecule has 1 aliphatic rings. The molecule has 0 aromatic heterocycles. The Bertz CT molecular complexity index is 397. The van der Waals surface area contributed by atoms with Crippen LogP contribution in [0.1, 0.15) is 35.2 Å². The Kier molecular flexibility index (Phi) is 4.73. The maximum absolute atomic E-state index is 10.9. The van der Waals surface area contributed by atoms with Crippen molar-refractivity contribution in [1.29, 1.82) is 0 Å². The molecule has 1 aromatic carbocycles. The summed E-state index contributed by atoms with van der Waals surface area (Å²) in [4.78, 5) is 10.9.